The van der Waals surface area contributed by atoms with Crippen LogP contribution in [0.5, 0.6) is 0 Å². The van der Waals surface area contributed by atoms with E-state index in [1.54, 1.807) is 19.3 Å². The Bertz CT molecular complexity index is 346. The lowest BCUT2D eigenvalue weighted by molar-refractivity contribution is 1.03. The van der Waals surface area contributed by atoms with Gasteiger partial charge in [-0.05, 0) is 6.92 Å². The Morgan fingerprint density at radius 3 is 2.85 bits per heavy atom. The lowest BCUT2D eigenvalue weighted by atomic mass is 10.2. The zero-order chi connectivity index (χ0) is 9.68. The Kier molecular flexibility index (Phi) is 3.14. The van der Waals surface area contributed by atoms with Crippen molar-refractivity contribution < 1.29 is 0 Å². The van der Waals surface area contributed by atoms with E-state index < -0.39 is 0 Å². The monoisotopic (exact) mass is 176 g/mol. The van der Waals surface area contributed by atoms with Crippen LogP contribution in [0, 0.1) is 6.92 Å². The minimum Gasteiger partial charge on any atom is -0.296 e. The molecule has 1 N–H and O–H groups in total. The molecule has 0 unspecified atom stereocenters. The zero-order valence-electron chi connectivity index (χ0n) is 7.78. The number of allylic oxidation sites excluding steroid dienone is 3. The number of hydrogen-bond donors (Lipinski definition) is 1. The fourth-order valence-corrected chi connectivity index (χ4v) is 0.913. The maximum Gasteiger partial charge on any atom is 0.182 e. The summed E-state index contributed by atoms with van der Waals surface area (Å²) in [6, 6.07) is 0. The maximum absolute atomic E-state index is 4.17. The highest BCUT2D eigenvalue weighted by molar-refractivity contribution is 6.08. The Balaban J connectivity index is 3.01. The minimum absolute atomic E-state index is 0.642. The Morgan fingerprint density at radius 1 is 1.62 bits per heavy atom. The fourth-order valence-electron chi connectivity index (χ4n) is 0.913. The van der Waals surface area contributed by atoms with Gasteiger partial charge in [-0.1, -0.05) is 18.7 Å². The van der Waals surface area contributed by atoms with Crippen molar-refractivity contribution in [1.29, 1.82) is 0 Å². The number of nitrogens with zero attached hydrogens (tertiary/aromatic N) is 3. The molecule has 68 valence electrons. The van der Waals surface area contributed by atoms with E-state index in [4.69, 9.17) is 0 Å². The van der Waals surface area contributed by atoms with Gasteiger partial charge in [0.05, 0.1) is 0 Å². The van der Waals surface area contributed by atoms with Gasteiger partial charge in [0.25, 0.3) is 0 Å². The van der Waals surface area contributed by atoms with Crippen LogP contribution in [-0.2, 0) is 0 Å². The molecule has 1 aromatic heterocycles. The van der Waals surface area contributed by atoms with E-state index in [1.165, 1.54) is 0 Å². The van der Waals surface area contributed by atoms with E-state index in [0.717, 1.165) is 11.4 Å². The van der Waals surface area contributed by atoms with Gasteiger partial charge in [-0.2, -0.15) is 5.10 Å². The molecule has 0 spiro atoms. The molecular weight excluding hydrogens is 164 g/mol. The van der Waals surface area contributed by atoms with E-state index in [-0.39, 0.29) is 0 Å². The van der Waals surface area contributed by atoms with Crippen LogP contribution >= 0.6 is 0 Å². The van der Waals surface area contributed by atoms with Gasteiger partial charge in [0.15, 0.2) is 5.82 Å². The van der Waals surface area contributed by atoms with Crippen molar-refractivity contribution in [3.8, 4) is 0 Å². The number of aromatic amines is 1. The summed E-state index contributed by atoms with van der Waals surface area (Å²) >= 11 is 0. The number of aromatic nitrogens is 3. The van der Waals surface area contributed by atoms with E-state index in [1.807, 2.05) is 13.0 Å². The van der Waals surface area contributed by atoms with Crippen LogP contribution in [0.15, 0.2) is 23.7 Å². The first-order chi connectivity index (χ1) is 6.27. The van der Waals surface area contributed by atoms with Crippen LogP contribution in [-0.4, -0.2) is 28.4 Å². The van der Waals surface area contributed by atoms with Gasteiger partial charge >= 0.3 is 0 Å². The summed E-state index contributed by atoms with van der Waals surface area (Å²) in [5.74, 6) is 1.43. The number of H-pyrrole nitrogens is 1. The Morgan fingerprint density at radius 2 is 2.38 bits per heavy atom. The molecule has 13 heavy (non-hydrogen) atoms. The average molecular weight is 176 g/mol. The molecule has 0 aromatic carbocycles. The highest BCUT2D eigenvalue weighted by Gasteiger charge is 2.02. The highest BCUT2D eigenvalue weighted by Crippen LogP contribution is 2.06. The fraction of sp³-hybridized carbons (Fsp3) is 0.222. The Hall–Kier alpha value is -1.71. The molecule has 1 rings (SSSR count). The zero-order valence-corrected chi connectivity index (χ0v) is 7.78. The number of aryl methyl sites for hydroxylation is 1. The van der Waals surface area contributed by atoms with Crippen molar-refractivity contribution in [2.75, 3.05) is 7.05 Å². The Labute approximate surface area is 77.1 Å². The van der Waals surface area contributed by atoms with E-state index in [9.17, 15) is 0 Å². The summed E-state index contributed by atoms with van der Waals surface area (Å²) in [4.78, 5) is 8.08. The lowest BCUT2D eigenvalue weighted by Crippen LogP contribution is -1.88. The third-order valence-electron chi connectivity index (χ3n) is 1.42. The molecule has 1 aromatic rings. The molecule has 0 saturated carbocycles. The number of rotatable bonds is 3. The summed E-state index contributed by atoms with van der Waals surface area (Å²) in [6.07, 6.45) is 5.20. The van der Waals surface area contributed by atoms with Crippen LogP contribution in [0.3, 0.4) is 0 Å². The predicted octanol–water partition coefficient (Wildman–Crippen LogP) is 1.38. The molecule has 0 amide bonds. The van der Waals surface area contributed by atoms with Gasteiger partial charge < -0.3 is 0 Å². The van der Waals surface area contributed by atoms with Crippen LogP contribution < -0.4 is 0 Å². The largest absolute Gasteiger partial charge is 0.296 e. The first kappa shape index (κ1) is 9.38. The van der Waals surface area contributed by atoms with Crippen molar-refractivity contribution in [1.82, 2.24) is 15.2 Å². The average Bonchev–Trinajstić information content (AvgIpc) is 2.51. The van der Waals surface area contributed by atoms with Crippen LogP contribution in [0.4, 0.5) is 0 Å². The van der Waals surface area contributed by atoms with E-state index in [2.05, 4.69) is 26.8 Å². The second kappa shape index (κ2) is 4.35. The van der Waals surface area contributed by atoms with Crippen molar-refractivity contribution >= 4 is 11.8 Å². The van der Waals surface area contributed by atoms with Gasteiger partial charge in [0, 0.05) is 18.8 Å². The minimum atomic E-state index is 0.642. The molecule has 1 heterocycles. The second-order valence-corrected chi connectivity index (χ2v) is 2.49. The molecule has 0 bridgehead atoms. The van der Waals surface area contributed by atoms with Gasteiger partial charge in [-0.15, -0.1) is 0 Å². The van der Waals surface area contributed by atoms with E-state index >= 15 is 0 Å². The standard InChI is InChI=1S/C9H12N4/c1-4-5-8(6-10-3)9-11-7(2)12-13-9/h4-6H,1H2,2-3H3,(H,11,12,13)/b8-5+,10-6?. The second-order valence-electron chi connectivity index (χ2n) is 2.49. The molecule has 4 heteroatoms. The number of hydrogen-bond acceptors (Lipinski definition) is 3. The van der Waals surface area contributed by atoms with Crippen LogP contribution in [0.1, 0.15) is 11.6 Å². The van der Waals surface area contributed by atoms with E-state index in [0.29, 0.717) is 5.82 Å². The third kappa shape index (κ3) is 2.37. The smallest absolute Gasteiger partial charge is 0.182 e. The van der Waals surface area contributed by atoms with Gasteiger partial charge in [-0.3, -0.25) is 10.1 Å². The maximum atomic E-state index is 4.17. The van der Waals surface area contributed by atoms with Gasteiger partial charge in [0.1, 0.15) is 5.82 Å². The summed E-state index contributed by atoms with van der Waals surface area (Å²) in [7, 11) is 1.70. The summed E-state index contributed by atoms with van der Waals surface area (Å²) < 4.78 is 0. The summed E-state index contributed by atoms with van der Waals surface area (Å²) in [5, 5.41) is 6.78. The predicted molar refractivity (Wildman–Crippen MR) is 53.7 cm³/mol. The quantitative estimate of drug-likeness (QED) is 0.558. The summed E-state index contributed by atoms with van der Waals surface area (Å²) in [6.45, 7) is 5.46. The molecule has 0 atom stereocenters. The molecule has 0 fully saturated rings. The molecule has 4 nitrogen and oxygen atoms in total. The van der Waals surface area contributed by atoms with Crippen LogP contribution in [0.2, 0.25) is 0 Å². The van der Waals surface area contributed by atoms with Crippen molar-refractivity contribution in [2.45, 2.75) is 6.92 Å². The normalized spacial score (nSPS) is 12.3. The van der Waals surface area contributed by atoms with Crippen molar-refractivity contribution in [3.63, 3.8) is 0 Å². The molecule has 0 saturated heterocycles. The van der Waals surface area contributed by atoms with Gasteiger partial charge in [-0.25, -0.2) is 4.98 Å². The summed E-state index contributed by atoms with van der Waals surface area (Å²) in [5.41, 5.74) is 0.849. The lowest BCUT2D eigenvalue weighted by Gasteiger charge is -1.91. The number of aliphatic imine (C=N–C) groups is 1. The number of nitrogens with one attached hydrogen (secondary N) is 1. The molecule has 0 aliphatic carbocycles. The van der Waals surface area contributed by atoms with Gasteiger partial charge in [0.2, 0.25) is 0 Å². The molecule has 0 aliphatic rings. The van der Waals surface area contributed by atoms with Crippen molar-refractivity contribution in [2.24, 2.45) is 4.99 Å². The SMILES string of the molecule is C=C/C=C(\C=NC)c1n[nH]c(C)n1. The molecule has 0 aliphatic heterocycles. The molecule has 0 radical (unpaired) electrons. The third-order valence-corrected chi connectivity index (χ3v) is 1.42. The first-order valence-electron chi connectivity index (χ1n) is 3.92. The topological polar surface area (TPSA) is 53.9 Å². The highest BCUT2D eigenvalue weighted by atomic mass is 15.2. The first-order valence-corrected chi connectivity index (χ1v) is 3.92. The van der Waals surface area contributed by atoms with Crippen LogP contribution in [0.25, 0.3) is 5.57 Å². The van der Waals surface area contributed by atoms with Crippen molar-refractivity contribution in [3.05, 3.63) is 30.4 Å². The molecular formula is C9H12N4.